The van der Waals surface area contributed by atoms with Gasteiger partial charge in [0, 0.05) is 33.7 Å². The Labute approximate surface area is 226 Å². The van der Waals surface area contributed by atoms with Gasteiger partial charge in [0.25, 0.3) is 0 Å². The molecular weight excluding hydrogens is 556 g/mol. The van der Waals surface area contributed by atoms with Crippen LogP contribution in [0, 0.1) is 0 Å². The van der Waals surface area contributed by atoms with Gasteiger partial charge in [-0.15, -0.1) is 0 Å². The number of amides is 2. The highest BCUT2D eigenvalue weighted by Gasteiger charge is 2.33. The monoisotopic (exact) mass is 581 g/mol. The molecule has 2 amide bonds. The molecule has 0 saturated carbocycles. The third-order valence-corrected chi connectivity index (χ3v) is 7.56. The minimum Gasteiger partial charge on any atom is -0.354 e. The minimum absolute atomic E-state index is 0.0594. The van der Waals surface area contributed by atoms with Crippen molar-refractivity contribution in [3.05, 3.63) is 62.1 Å². The largest absolute Gasteiger partial charge is 0.354 e. The molecule has 0 saturated heterocycles. The lowest BCUT2D eigenvalue weighted by atomic mass is 10.1. The highest BCUT2D eigenvalue weighted by molar-refractivity contribution is 7.92. The highest BCUT2D eigenvalue weighted by Crippen LogP contribution is 2.31. The summed E-state index contributed by atoms with van der Waals surface area (Å²) >= 11 is 24.9. The maximum Gasteiger partial charge on any atom is 0.244 e. The average molecular weight is 583 g/mol. The Hall–Kier alpha value is -1.71. The van der Waals surface area contributed by atoms with Crippen LogP contribution in [0.3, 0.4) is 0 Å². The maximum atomic E-state index is 13.6. The molecule has 0 aliphatic rings. The molecular formula is C23H27Cl4N3O4S. The minimum atomic E-state index is -3.93. The summed E-state index contributed by atoms with van der Waals surface area (Å²) in [5, 5.41) is 3.81. The molecule has 0 fully saturated rings. The molecule has 0 aliphatic carbocycles. The molecule has 0 unspecified atom stereocenters. The van der Waals surface area contributed by atoms with Crippen LogP contribution in [0.2, 0.25) is 20.1 Å². The number of nitrogens with one attached hydrogen (secondary N) is 1. The smallest absolute Gasteiger partial charge is 0.244 e. The van der Waals surface area contributed by atoms with E-state index < -0.39 is 28.5 Å². The molecule has 0 aromatic heterocycles. The van der Waals surface area contributed by atoms with Gasteiger partial charge in [0.1, 0.15) is 12.6 Å². The van der Waals surface area contributed by atoms with Crippen molar-refractivity contribution in [1.29, 1.82) is 0 Å². The molecule has 0 aliphatic heterocycles. The van der Waals surface area contributed by atoms with Gasteiger partial charge in [0.15, 0.2) is 0 Å². The van der Waals surface area contributed by atoms with Crippen LogP contribution in [0.5, 0.6) is 0 Å². The van der Waals surface area contributed by atoms with E-state index in [1.807, 2.05) is 6.92 Å². The Morgan fingerprint density at radius 2 is 1.63 bits per heavy atom. The van der Waals surface area contributed by atoms with Crippen LogP contribution >= 0.6 is 46.4 Å². The van der Waals surface area contributed by atoms with Gasteiger partial charge in [0.05, 0.1) is 17.0 Å². The highest BCUT2D eigenvalue weighted by atomic mass is 35.5. The van der Waals surface area contributed by atoms with Gasteiger partial charge in [-0.25, -0.2) is 8.42 Å². The number of carbonyl (C=O) groups is 2. The zero-order chi connectivity index (χ0) is 26.3. The molecule has 0 bridgehead atoms. The van der Waals surface area contributed by atoms with E-state index in [0.717, 1.165) is 10.6 Å². The lowest BCUT2D eigenvalue weighted by molar-refractivity contribution is -0.140. The van der Waals surface area contributed by atoms with E-state index in [4.69, 9.17) is 46.4 Å². The molecule has 1 N–H and O–H groups in total. The van der Waals surface area contributed by atoms with E-state index in [-0.39, 0.29) is 29.6 Å². The normalized spacial score (nSPS) is 12.2. The first-order chi connectivity index (χ1) is 16.4. The summed E-state index contributed by atoms with van der Waals surface area (Å²) in [6.45, 7) is 3.41. The third-order valence-electron chi connectivity index (χ3n) is 5.18. The predicted molar refractivity (Wildman–Crippen MR) is 143 cm³/mol. The van der Waals surface area contributed by atoms with Crippen molar-refractivity contribution in [1.82, 2.24) is 10.2 Å². The van der Waals surface area contributed by atoms with Crippen LogP contribution in [-0.4, -0.2) is 50.5 Å². The van der Waals surface area contributed by atoms with Gasteiger partial charge >= 0.3 is 0 Å². The summed E-state index contributed by atoms with van der Waals surface area (Å²) in [6.07, 6.45) is 1.96. The zero-order valence-corrected chi connectivity index (χ0v) is 23.4. The van der Waals surface area contributed by atoms with E-state index in [1.165, 1.54) is 23.1 Å². The van der Waals surface area contributed by atoms with Crippen molar-refractivity contribution in [3.63, 3.8) is 0 Å². The molecule has 0 spiro atoms. The number of anilines is 1. The van der Waals surface area contributed by atoms with Crippen molar-refractivity contribution in [2.75, 3.05) is 23.7 Å². The fourth-order valence-corrected chi connectivity index (χ4v) is 5.36. The van der Waals surface area contributed by atoms with Crippen LogP contribution in [0.15, 0.2) is 36.4 Å². The predicted octanol–water partition coefficient (Wildman–Crippen LogP) is 5.40. The summed E-state index contributed by atoms with van der Waals surface area (Å²) in [7, 11) is -3.93. The maximum absolute atomic E-state index is 13.6. The molecule has 0 radical (unpaired) electrons. The van der Waals surface area contributed by atoms with Crippen molar-refractivity contribution in [3.8, 4) is 0 Å². The first-order valence-corrected chi connectivity index (χ1v) is 14.2. The van der Waals surface area contributed by atoms with Crippen LogP contribution in [0.25, 0.3) is 0 Å². The summed E-state index contributed by atoms with van der Waals surface area (Å²) < 4.78 is 26.2. The average Bonchev–Trinajstić information content (AvgIpc) is 2.77. The number of hydrogen-bond donors (Lipinski definition) is 1. The molecule has 2 aromatic rings. The standard InChI is InChI=1S/C23H27Cl4N3O4S/c1-4-11-28-23(32)20(5-2)29(13-16-17(25)7-6-8-18(16)26)22(31)14-30(35(3,33)34)21-10-9-15(24)12-19(21)27/h6-10,12,20H,4-5,11,13-14H2,1-3H3,(H,28,32)/t20-/m0/s1. The first kappa shape index (κ1) is 29.5. The lowest BCUT2D eigenvalue weighted by Crippen LogP contribution is -2.52. The summed E-state index contributed by atoms with van der Waals surface area (Å²) in [4.78, 5) is 27.9. The summed E-state index contributed by atoms with van der Waals surface area (Å²) in [5.74, 6) is -0.989. The Morgan fingerprint density at radius 1 is 1.00 bits per heavy atom. The lowest BCUT2D eigenvalue weighted by Gasteiger charge is -2.33. The number of benzene rings is 2. The Balaban J connectivity index is 2.52. The number of carbonyl (C=O) groups excluding carboxylic acids is 2. The second-order valence-electron chi connectivity index (χ2n) is 7.80. The van der Waals surface area contributed by atoms with Crippen LogP contribution < -0.4 is 9.62 Å². The molecule has 1 atom stereocenters. The Bertz CT molecular complexity index is 1160. The van der Waals surface area contributed by atoms with Gasteiger partial charge in [-0.05, 0) is 43.2 Å². The van der Waals surface area contributed by atoms with Crippen molar-refractivity contribution >= 4 is 73.9 Å². The Morgan fingerprint density at radius 3 is 2.14 bits per heavy atom. The van der Waals surface area contributed by atoms with Gasteiger partial charge in [0.2, 0.25) is 21.8 Å². The van der Waals surface area contributed by atoms with E-state index in [1.54, 1.807) is 25.1 Å². The summed E-state index contributed by atoms with van der Waals surface area (Å²) in [6, 6.07) is 8.30. The number of rotatable bonds is 11. The van der Waals surface area contributed by atoms with Gasteiger partial charge in [-0.1, -0.05) is 66.3 Å². The fraction of sp³-hybridized carbons (Fsp3) is 0.391. The van der Waals surface area contributed by atoms with Crippen LogP contribution in [0.4, 0.5) is 5.69 Å². The summed E-state index contributed by atoms with van der Waals surface area (Å²) in [5.41, 5.74) is 0.535. The van der Waals surface area contributed by atoms with Gasteiger partial charge < -0.3 is 10.2 Å². The van der Waals surface area contributed by atoms with Crippen molar-refractivity contribution in [2.45, 2.75) is 39.3 Å². The van der Waals surface area contributed by atoms with E-state index in [0.29, 0.717) is 33.6 Å². The van der Waals surface area contributed by atoms with E-state index >= 15 is 0 Å². The first-order valence-electron chi connectivity index (χ1n) is 10.8. The number of hydrogen-bond acceptors (Lipinski definition) is 4. The second-order valence-corrected chi connectivity index (χ2v) is 11.4. The van der Waals surface area contributed by atoms with Gasteiger partial charge in [-0.2, -0.15) is 0 Å². The topological polar surface area (TPSA) is 86.8 Å². The quantitative estimate of drug-likeness (QED) is 0.384. The van der Waals surface area contributed by atoms with E-state index in [2.05, 4.69) is 5.32 Å². The van der Waals surface area contributed by atoms with Crippen LogP contribution in [0.1, 0.15) is 32.3 Å². The molecule has 0 heterocycles. The molecule has 35 heavy (non-hydrogen) atoms. The SMILES string of the molecule is CCCNC(=O)[C@H](CC)N(Cc1c(Cl)cccc1Cl)C(=O)CN(c1ccc(Cl)cc1Cl)S(C)(=O)=O. The van der Waals surface area contributed by atoms with Crippen LogP contribution in [-0.2, 0) is 26.2 Å². The molecule has 2 rings (SSSR count). The number of sulfonamides is 1. The molecule has 7 nitrogen and oxygen atoms in total. The number of nitrogens with zero attached hydrogens (tertiary/aromatic N) is 2. The van der Waals surface area contributed by atoms with Gasteiger partial charge in [-0.3, -0.25) is 13.9 Å². The molecule has 2 aromatic carbocycles. The van der Waals surface area contributed by atoms with Crippen molar-refractivity contribution < 1.29 is 18.0 Å². The Kier molecular flexibility index (Phi) is 11.0. The molecule has 12 heteroatoms. The number of halogens is 4. The fourth-order valence-electron chi connectivity index (χ4n) is 3.42. The molecule has 192 valence electrons. The zero-order valence-electron chi connectivity index (χ0n) is 19.5. The van der Waals surface area contributed by atoms with Crippen molar-refractivity contribution in [2.24, 2.45) is 0 Å². The second kappa shape index (κ2) is 13.0. The van der Waals surface area contributed by atoms with E-state index in [9.17, 15) is 18.0 Å². The third kappa shape index (κ3) is 7.89.